The Bertz CT molecular complexity index is 709. The SMILES string of the molecule is CCN(CC)CCN(C(C)=O)c1cc(Cl)c(N)cc1OCC(=O)NNC(C)=O. The van der Waals surface area contributed by atoms with Gasteiger partial charge in [-0.25, -0.2) is 0 Å². The number of likely N-dealkylation sites (N-methyl/N-ethyl adjacent to an activating group) is 1. The van der Waals surface area contributed by atoms with Crippen molar-refractivity contribution in [1.82, 2.24) is 15.8 Å². The minimum absolute atomic E-state index is 0.194. The number of halogens is 1. The second kappa shape index (κ2) is 11.4. The largest absolute Gasteiger partial charge is 0.481 e. The average molecular weight is 414 g/mol. The van der Waals surface area contributed by atoms with Crippen LogP contribution in [-0.2, 0) is 14.4 Å². The van der Waals surface area contributed by atoms with E-state index < -0.39 is 11.8 Å². The summed E-state index contributed by atoms with van der Waals surface area (Å²) in [7, 11) is 0. The molecule has 9 nitrogen and oxygen atoms in total. The van der Waals surface area contributed by atoms with Crippen molar-refractivity contribution in [2.75, 3.05) is 43.4 Å². The molecule has 0 unspecified atom stereocenters. The maximum atomic E-state index is 12.2. The molecule has 1 rings (SSSR count). The second-order valence-corrected chi connectivity index (χ2v) is 6.46. The monoisotopic (exact) mass is 413 g/mol. The van der Waals surface area contributed by atoms with E-state index in [0.717, 1.165) is 13.1 Å². The van der Waals surface area contributed by atoms with Gasteiger partial charge in [-0.1, -0.05) is 25.4 Å². The number of nitrogens with zero attached hydrogens (tertiary/aromatic N) is 2. The van der Waals surface area contributed by atoms with Crippen molar-refractivity contribution < 1.29 is 19.1 Å². The molecule has 0 aliphatic rings. The van der Waals surface area contributed by atoms with Crippen LogP contribution in [0.15, 0.2) is 12.1 Å². The van der Waals surface area contributed by atoms with Gasteiger partial charge in [-0.05, 0) is 19.2 Å². The van der Waals surface area contributed by atoms with Gasteiger partial charge in [0.25, 0.3) is 5.91 Å². The minimum atomic E-state index is -0.563. The lowest BCUT2D eigenvalue weighted by molar-refractivity contribution is -0.129. The molecule has 1 aromatic carbocycles. The lowest BCUT2D eigenvalue weighted by Crippen LogP contribution is -2.42. The Balaban J connectivity index is 3.03. The van der Waals surface area contributed by atoms with Crippen LogP contribution in [0.5, 0.6) is 5.75 Å². The van der Waals surface area contributed by atoms with Crippen LogP contribution in [0.1, 0.15) is 27.7 Å². The number of anilines is 2. The molecule has 0 aromatic heterocycles. The number of carbonyl (C=O) groups is 3. The molecule has 0 spiro atoms. The van der Waals surface area contributed by atoms with Crippen LogP contribution in [-0.4, -0.2) is 55.4 Å². The maximum Gasteiger partial charge on any atom is 0.276 e. The molecule has 156 valence electrons. The Kier molecular flexibility index (Phi) is 9.54. The molecule has 0 aliphatic heterocycles. The first-order chi connectivity index (χ1) is 13.2. The summed E-state index contributed by atoms with van der Waals surface area (Å²) < 4.78 is 5.55. The number of nitrogen functional groups attached to an aromatic ring is 1. The van der Waals surface area contributed by atoms with Gasteiger partial charge in [-0.15, -0.1) is 0 Å². The highest BCUT2D eigenvalue weighted by Crippen LogP contribution is 2.35. The van der Waals surface area contributed by atoms with Gasteiger partial charge in [0.1, 0.15) is 5.75 Å². The zero-order chi connectivity index (χ0) is 21.3. The summed E-state index contributed by atoms with van der Waals surface area (Å²) >= 11 is 6.14. The predicted octanol–water partition coefficient (Wildman–Crippen LogP) is 1.16. The number of benzene rings is 1. The Labute approximate surface area is 170 Å². The number of ether oxygens (including phenoxy) is 1. The summed E-state index contributed by atoms with van der Waals surface area (Å²) in [5, 5.41) is 0.277. The van der Waals surface area contributed by atoms with Crippen molar-refractivity contribution in [3.05, 3.63) is 17.2 Å². The molecule has 10 heteroatoms. The van der Waals surface area contributed by atoms with Crippen LogP contribution in [0.25, 0.3) is 0 Å². The predicted molar refractivity (Wildman–Crippen MR) is 109 cm³/mol. The molecule has 0 heterocycles. The van der Waals surface area contributed by atoms with Gasteiger partial charge in [0.2, 0.25) is 11.8 Å². The molecule has 0 bridgehead atoms. The van der Waals surface area contributed by atoms with Gasteiger partial charge in [0.05, 0.1) is 16.4 Å². The van der Waals surface area contributed by atoms with Crippen molar-refractivity contribution in [1.29, 1.82) is 0 Å². The van der Waals surface area contributed by atoms with Gasteiger partial charge in [-0.3, -0.25) is 25.2 Å². The van der Waals surface area contributed by atoms with E-state index in [1.807, 2.05) is 13.8 Å². The number of carbonyl (C=O) groups excluding carboxylic acids is 3. The second-order valence-electron chi connectivity index (χ2n) is 6.06. The average Bonchev–Trinajstić information content (AvgIpc) is 2.64. The van der Waals surface area contributed by atoms with Crippen molar-refractivity contribution in [3.63, 3.8) is 0 Å². The van der Waals surface area contributed by atoms with E-state index in [1.54, 1.807) is 6.07 Å². The highest BCUT2D eigenvalue weighted by atomic mass is 35.5. The third-order valence-corrected chi connectivity index (χ3v) is 4.35. The Morgan fingerprint density at radius 1 is 1.11 bits per heavy atom. The molecule has 0 saturated heterocycles. The first-order valence-electron chi connectivity index (χ1n) is 8.97. The van der Waals surface area contributed by atoms with E-state index in [0.29, 0.717) is 18.8 Å². The number of nitrogens with two attached hydrogens (primary N) is 1. The van der Waals surface area contributed by atoms with Gasteiger partial charge < -0.3 is 20.3 Å². The summed E-state index contributed by atoms with van der Waals surface area (Å²) in [6, 6.07) is 3.01. The van der Waals surface area contributed by atoms with E-state index in [9.17, 15) is 14.4 Å². The summed E-state index contributed by atoms with van der Waals surface area (Å²) in [6.45, 7) is 9.22. The maximum absolute atomic E-state index is 12.2. The van der Waals surface area contributed by atoms with Crippen molar-refractivity contribution in [2.24, 2.45) is 0 Å². The van der Waals surface area contributed by atoms with E-state index in [2.05, 4.69) is 15.8 Å². The smallest absolute Gasteiger partial charge is 0.276 e. The topological polar surface area (TPSA) is 117 Å². The number of nitrogens with one attached hydrogen (secondary N) is 2. The first kappa shape index (κ1) is 23.5. The third kappa shape index (κ3) is 7.24. The number of amides is 3. The fourth-order valence-electron chi connectivity index (χ4n) is 2.45. The molecule has 0 fully saturated rings. The van der Waals surface area contributed by atoms with Crippen LogP contribution < -0.4 is 26.2 Å². The van der Waals surface area contributed by atoms with E-state index in [4.69, 9.17) is 22.1 Å². The number of hydrazine groups is 1. The Morgan fingerprint density at radius 3 is 2.29 bits per heavy atom. The van der Waals surface area contributed by atoms with Gasteiger partial charge in [0.15, 0.2) is 6.61 Å². The molecule has 0 radical (unpaired) electrons. The van der Waals surface area contributed by atoms with E-state index in [1.165, 1.54) is 24.8 Å². The molecule has 0 atom stereocenters. The van der Waals surface area contributed by atoms with E-state index in [-0.39, 0.29) is 29.0 Å². The van der Waals surface area contributed by atoms with Crippen LogP contribution in [0, 0.1) is 0 Å². The normalized spacial score (nSPS) is 10.5. The zero-order valence-electron chi connectivity index (χ0n) is 16.7. The molecule has 28 heavy (non-hydrogen) atoms. The van der Waals surface area contributed by atoms with Gasteiger partial charge in [0, 0.05) is 33.0 Å². The summed E-state index contributed by atoms with van der Waals surface area (Å²) in [6.07, 6.45) is 0. The molecule has 3 amide bonds. The number of hydrogen-bond donors (Lipinski definition) is 3. The molecule has 4 N–H and O–H groups in total. The summed E-state index contributed by atoms with van der Waals surface area (Å²) in [4.78, 5) is 38.6. The lowest BCUT2D eigenvalue weighted by atomic mass is 10.2. The standard InChI is InChI=1S/C18H28ClN5O4/c1-5-23(6-2)7-8-24(13(4)26)16-9-14(19)15(20)10-17(16)28-11-18(27)22-21-12(3)25/h9-10H,5-8,11,20H2,1-4H3,(H,21,25)(H,22,27). The highest BCUT2D eigenvalue weighted by molar-refractivity contribution is 6.33. The Hall–Kier alpha value is -2.52. The van der Waals surface area contributed by atoms with Crippen LogP contribution >= 0.6 is 11.6 Å². The van der Waals surface area contributed by atoms with Gasteiger partial charge in [-0.2, -0.15) is 0 Å². The first-order valence-corrected chi connectivity index (χ1v) is 9.35. The zero-order valence-corrected chi connectivity index (χ0v) is 17.4. The quantitative estimate of drug-likeness (QED) is 0.413. The van der Waals surface area contributed by atoms with Crippen molar-refractivity contribution in [2.45, 2.75) is 27.7 Å². The van der Waals surface area contributed by atoms with E-state index >= 15 is 0 Å². The van der Waals surface area contributed by atoms with Crippen LogP contribution in [0.4, 0.5) is 11.4 Å². The molecular formula is C18H28ClN5O4. The Morgan fingerprint density at radius 2 is 1.75 bits per heavy atom. The highest BCUT2D eigenvalue weighted by Gasteiger charge is 2.20. The lowest BCUT2D eigenvalue weighted by Gasteiger charge is -2.27. The molecule has 1 aromatic rings. The molecule has 0 saturated carbocycles. The molecular weight excluding hydrogens is 386 g/mol. The van der Waals surface area contributed by atoms with Gasteiger partial charge >= 0.3 is 0 Å². The third-order valence-electron chi connectivity index (χ3n) is 4.02. The fourth-order valence-corrected chi connectivity index (χ4v) is 2.61. The van der Waals surface area contributed by atoms with Crippen LogP contribution in [0.3, 0.4) is 0 Å². The van der Waals surface area contributed by atoms with Crippen molar-refractivity contribution >= 4 is 40.7 Å². The summed E-state index contributed by atoms with van der Waals surface area (Å²) in [5.74, 6) is -0.925. The molecule has 0 aliphatic carbocycles. The van der Waals surface area contributed by atoms with Crippen LogP contribution in [0.2, 0.25) is 5.02 Å². The van der Waals surface area contributed by atoms with Crippen molar-refractivity contribution in [3.8, 4) is 5.75 Å². The minimum Gasteiger partial charge on any atom is -0.481 e. The fraction of sp³-hybridized carbons (Fsp3) is 0.500. The number of rotatable bonds is 9. The summed E-state index contributed by atoms with van der Waals surface area (Å²) in [5.41, 5.74) is 10.9. The number of hydrogen-bond acceptors (Lipinski definition) is 6.